The predicted molar refractivity (Wildman–Crippen MR) is 114 cm³/mol. The molecular formula is C21H20BrN5O3. The number of nitrogens with one attached hydrogen (secondary N) is 1. The Morgan fingerprint density at radius 1 is 1.20 bits per heavy atom. The van der Waals surface area contributed by atoms with Gasteiger partial charge in [-0.1, -0.05) is 15.9 Å². The van der Waals surface area contributed by atoms with Crippen molar-refractivity contribution in [3.8, 4) is 5.75 Å². The van der Waals surface area contributed by atoms with Crippen LogP contribution in [-0.4, -0.2) is 25.5 Å². The topological polar surface area (TPSA) is 87.1 Å². The molecule has 1 aromatic carbocycles. The van der Waals surface area contributed by atoms with E-state index in [2.05, 4.69) is 31.4 Å². The predicted octanol–water partition coefficient (Wildman–Crippen LogP) is 4.39. The standard InChI is InChI=1S/C21H20BrN5O3/c1-14-9-15(2)27(25-14)12-19-7-8-20(30-19)21(28)24-17-10-23-26(11-17)13-29-18-5-3-16(22)4-6-18/h3-11H,12-13H2,1-2H3,(H,24,28). The van der Waals surface area contributed by atoms with E-state index < -0.39 is 0 Å². The van der Waals surface area contributed by atoms with Gasteiger partial charge in [-0.3, -0.25) is 9.48 Å². The van der Waals surface area contributed by atoms with Gasteiger partial charge in [-0.15, -0.1) is 0 Å². The molecule has 4 rings (SSSR count). The van der Waals surface area contributed by atoms with Crippen LogP contribution >= 0.6 is 15.9 Å². The number of nitrogens with zero attached hydrogens (tertiary/aromatic N) is 4. The quantitative estimate of drug-likeness (QED) is 0.433. The van der Waals surface area contributed by atoms with Crippen molar-refractivity contribution in [2.24, 2.45) is 0 Å². The summed E-state index contributed by atoms with van der Waals surface area (Å²) < 4.78 is 15.8. The number of aryl methyl sites for hydroxylation is 2. The maximum Gasteiger partial charge on any atom is 0.291 e. The average molecular weight is 470 g/mol. The lowest BCUT2D eigenvalue weighted by Gasteiger charge is -2.05. The van der Waals surface area contributed by atoms with Gasteiger partial charge in [-0.2, -0.15) is 10.2 Å². The van der Waals surface area contributed by atoms with Crippen molar-refractivity contribution >= 4 is 27.5 Å². The van der Waals surface area contributed by atoms with Crippen LogP contribution in [0, 0.1) is 13.8 Å². The molecule has 0 saturated heterocycles. The van der Waals surface area contributed by atoms with Crippen LogP contribution in [0.3, 0.4) is 0 Å². The first-order valence-electron chi connectivity index (χ1n) is 9.28. The molecule has 0 unspecified atom stereocenters. The summed E-state index contributed by atoms with van der Waals surface area (Å²) in [4.78, 5) is 12.5. The van der Waals surface area contributed by atoms with Gasteiger partial charge in [-0.05, 0) is 56.3 Å². The Labute approximate surface area is 181 Å². The van der Waals surface area contributed by atoms with E-state index in [9.17, 15) is 4.79 Å². The lowest BCUT2D eigenvalue weighted by molar-refractivity contribution is 0.0994. The van der Waals surface area contributed by atoms with Gasteiger partial charge in [0, 0.05) is 10.2 Å². The second-order valence-corrected chi connectivity index (χ2v) is 7.72. The molecule has 154 valence electrons. The number of anilines is 1. The molecule has 30 heavy (non-hydrogen) atoms. The van der Waals surface area contributed by atoms with E-state index in [-0.39, 0.29) is 18.4 Å². The summed E-state index contributed by atoms with van der Waals surface area (Å²) in [6.45, 7) is 4.62. The minimum absolute atomic E-state index is 0.227. The highest BCUT2D eigenvalue weighted by molar-refractivity contribution is 9.10. The highest BCUT2D eigenvalue weighted by atomic mass is 79.9. The third kappa shape index (κ3) is 4.80. The summed E-state index contributed by atoms with van der Waals surface area (Å²) in [5.41, 5.74) is 2.53. The second-order valence-electron chi connectivity index (χ2n) is 6.80. The van der Waals surface area contributed by atoms with Crippen molar-refractivity contribution in [2.45, 2.75) is 27.1 Å². The van der Waals surface area contributed by atoms with Crippen LogP contribution in [0.1, 0.15) is 27.7 Å². The summed E-state index contributed by atoms with van der Waals surface area (Å²) in [7, 11) is 0. The number of ether oxygens (including phenoxy) is 1. The Hall–Kier alpha value is -3.33. The summed E-state index contributed by atoms with van der Waals surface area (Å²) in [5, 5.41) is 11.4. The fraction of sp³-hybridized carbons (Fsp3) is 0.190. The molecule has 3 heterocycles. The zero-order valence-electron chi connectivity index (χ0n) is 16.5. The molecule has 4 aromatic rings. The number of furan rings is 1. The molecule has 0 saturated carbocycles. The van der Waals surface area contributed by atoms with E-state index in [0.717, 1.165) is 21.6 Å². The lowest BCUT2D eigenvalue weighted by Crippen LogP contribution is -2.10. The number of carbonyl (C=O) groups excluding carboxylic acids is 1. The van der Waals surface area contributed by atoms with Crippen molar-refractivity contribution < 1.29 is 13.9 Å². The number of amides is 1. The van der Waals surface area contributed by atoms with Gasteiger partial charge < -0.3 is 14.5 Å². The molecule has 0 atom stereocenters. The van der Waals surface area contributed by atoms with Gasteiger partial charge in [0.1, 0.15) is 11.5 Å². The fourth-order valence-electron chi connectivity index (χ4n) is 2.93. The fourth-order valence-corrected chi connectivity index (χ4v) is 3.19. The first-order chi connectivity index (χ1) is 14.5. The second kappa shape index (κ2) is 8.58. The maximum absolute atomic E-state index is 12.5. The third-order valence-electron chi connectivity index (χ3n) is 4.36. The number of rotatable bonds is 7. The van der Waals surface area contributed by atoms with Crippen LogP contribution in [0.5, 0.6) is 5.75 Å². The van der Waals surface area contributed by atoms with Crippen molar-refractivity contribution in [2.75, 3.05) is 5.32 Å². The molecule has 0 aliphatic heterocycles. The molecule has 0 radical (unpaired) electrons. The Balaban J connectivity index is 1.33. The summed E-state index contributed by atoms with van der Waals surface area (Å²) in [6.07, 6.45) is 3.25. The lowest BCUT2D eigenvalue weighted by atomic mass is 10.3. The van der Waals surface area contributed by atoms with Gasteiger partial charge >= 0.3 is 0 Å². The van der Waals surface area contributed by atoms with Crippen LogP contribution in [0.4, 0.5) is 5.69 Å². The molecule has 8 nitrogen and oxygen atoms in total. The van der Waals surface area contributed by atoms with E-state index in [4.69, 9.17) is 9.15 Å². The monoisotopic (exact) mass is 469 g/mol. The number of hydrogen-bond donors (Lipinski definition) is 1. The number of hydrogen-bond acceptors (Lipinski definition) is 5. The van der Waals surface area contributed by atoms with Crippen LogP contribution in [0.2, 0.25) is 0 Å². The van der Waals surface area contributed by atoms with Crippen molar-refractivity contribution in [1.29, 1.82) is 0 Å². The molecular weight excluding hydrogens is 450 g/mol. The van der Waals surface area contributed by atoms with Crippen molar-refractivity contribution in [3.05, 3.63) is 82.2 Å². The molecule has 1 amide bonds. The molecule has 0 spiro atoms. The van der Waals surface area contributed by atoms with Crippen molar-refractivity contribution in [1.82, 2.24) is 19.6 Å². The molecule has 9 heteroatoms. The molecule has 0 fully saturated rings. The summed E-state index contributed by atoms with van der Waals surface area (Å²) >= 11 is 3.38. The van der Waals surface area contributed by atoms with E-state index in [1.165, 1.54) is 0 Å². The first kappa shape index (κ1) is 20.0. The van der Waals surface area contributed by atoms with E-state index in [1.807, 2.05) is 48.9 Å². The van der Waals surface area contributed by atoms with Gasteiger partial charge in [0.2, 0.25) is 0 Å². The van der Waals surface area contributed by atoms with E-state index in [0.29, 0.717) is 18.0 Å². The Morgan fingerprint density at radius 2 is 2.00 bits per heavy atom. The number of aromatic nitrogens is 4. The minimum atomic E-state index is -0.344. The van der Waals surface area contributed by atoms with Crippen LogP contribution in [0.25, 0.3) is 0 Å². The van der Waals surface area contributed by atoms with Gasteiger partial charge in [-0.25, -0.2) is 4.68 Å². The third-order valence-corrected chi connectivity index (χ3v) is 4.89. The van der Waals surface area contributed by atoms with Gasteiger partial charge in [0.05, 0.1) is 30.3 Å². The number of benzene rings is 1. The van der Waals surface area contributed by atoms with Gasteiger partial charge in [0.15, 0.2) is 12.5 Å². The largest absolute Gasteiger partial charge is 0.471 e. The average Bonchev–Trinajstić information content (AvgIpc) is 3.43. The maximum atomic E-state index is 12.5. The normalized spacial score (nSPS) is 10.9. The molecule has 1 N–H and O–H groups in total. The van der Waals surface area contributed by atoms with Gasteiger partial charge in [0.25, 0.3) is 5.91 Å². The Bertz CT molecular complexity index is 1160. The zero-order valence-corrected chi connectivity index (χ0v) is 18.1. The Morgan fingerprint density at radius 3 is 2.73 bits per heavy atom. The summed E-state index contributed by atoms with van der Waals surface area (Å²) in [6, 6.07) is 12.9. The first-order valence-corrected chi connectivity index (χ1v) is 10.1. The molecule has 3 aromatic heterocycles. The van der Waals surface area contributed by atoms with E-state index in [1.54, 1.807) is 29.2 Å². The van der Waals surface area contributed by atoms with Crippen LogP contribution in [0.15, 0.2) is 63.7 Å². The van der Waals surface area contributed by atoms with Crippen molar-refractivity contribution in [3.63, 3.8) is 0 Å². The van der Waals surface area contributed by atoms with Crippen LogP contribution in [-0.2, 0) is 13.3 Å². The Kier molecular flexibility index (Phi) is 5.71. The number of carbonyl (C=O) groups is 1. The SMILES string of the molecule is Cc1cc(C)n(Cc2ccc(C(=O)Nc3cnn(COc4ccc(Br)cc4)c3)o2)n1. The molecule has 0 aliphatic rings. The zero-order chi connectivity index (χ0) is 21.1. The smallest absolute Gasteiger partial charge is 0.291 e. The van der Waals surface area contributed by atoms with Crippen LogP contribution < -0.4 is 10.1 Å². The molecule has 0 bridgehead atoms. The number of halogens is 1. The highest BCUT2D eigenvalue weighted by Crippen LogP contribution is 2.17. The highest BCUT2D eigenvalue weighted by Gasteiger charge is 2.14. The van der Waals surface area contributed by atoms with E-state index >= 15 is 0 Å². The summed E-state index contributed by atoms with van der Waals surface area (Å²) in [5.74, 6) is 1.27. The molecule has 0 aliphatic carbocycles. The minimum Gasteiger partial charge on any atom is -0.471 e.